The first-order valence-electron chi connectivity index (χ1n) is 16.4. The maximum atomic E-state index is 14.4. The van der Waals surface area contributed by atoms with Crippen LogP contribution in [-0.4, -0.2) is 74.7 Å². The number of halogens is 2. The molecule has 2 atom stereocenters. The highest BCUT2D eigenvalue weighted by molar-refractivity contribution is 7.92. The molecule has 0 amide bonds. The number of ether oxygens (including phenoxy) is 3. The summed E-state index contributed by atoms with van der Waals surface area (Å²) < 4.78 is 73.3. The number of nitrogen functional groups attached to an aromatic ring is 1. The van der Waals surface area contributed by atoms with Crippen LogP contribution < -0.4 is 20.1 Å². The van der Waals surface area contributed by atoms with Crippen molar-refractivity contribution in [1.29, 1.82) is 0 Å². The lowest BCUT2D eigenvalue weighted by molar-refractivity contribution is -0.0578. The molecule has 0 spiro atoms. The average Bonchev–Trinajstić information content (AvgIpc) is 3.85. The zero-order chi connectivity index (χ0) is 36.1. The van der Waals surface area contributed by atoms with E-state index in [2.05, 4.69) is 36.6 Å². The molecule has 0 bridgehead atoms. The number of piperazine rings is 1. The van der Waals surface area contributed by atoms with Gasteiger partial charge in [0.2, 0.25) is 5.88 Å². The number of pyridine rings is 2. The molecule has 2 aliphatic heterocycles. The molecule has 14 heteroatoms. The minimum absolute atomic E-state index is 0.00153. The largest absolute Gasteiger partial charge is 0.480 e. The van der Waals surface area contributed by atoms with Crippen molar-refractivity contribution in [1.82, 2.24) is 14.9 Å². The maximum Gasteiger partial charge on any atom is 0.264 e. The van der Waals surface area contributed by atoms with Gasteiger partial charge in [0.25, 0.3) is 10.0 Å². The normalized spacial score (nSPS) is 18.2. The Hall–Kier alpha value is -4.89. The van der Waals surface area contributed by atoms with Gasteiger partial charge in [-0.1, -0.05) is 18.2 Å². The van der Waals surface area contributed by atoms with Crippen LogP contribution in [0.3, 0.4) is 0 Å². The lowest BCUT2D eigenvalue weighted by Crippen LogP contribution is -2.48. The van der Waals surface area contributed by atoms with E-state index in [9.17, 15) is 17.2 Å². The Morgan fingerprint density at radius 2 is 1.73 bits per heavy atom. The number of nitrogens with one attached hydrogen (secondary N) is 1. The summed E-state index contributed by atoms with van der Waals surface area (Å²) in [7, 11) is -3.11. The lowest BCUT2D eigenvalue weighted by Gasteiger charge is -2.35. The van der Waals surface area contributed by atoms with Gasteiger partial charge < -0.3 is 24.8 Å². The molecule has 5 aromatic rings. The van der Waals surface area contributed by atoms with Crippen LogP contribution in [0, 0.1) is 11.6 Å². The second kappa shape index (κ2) is 13.3. The SMILES string of the molecule is COc1ncc(-c2ccc3nc(N)c(-c4cccc(N5CCN(C6OC6OC(C)(C)C)CC5)c4)cc3c2)cc1NS(=O)(=O)c1ccc(F)cc1F. The number of rotatable bonds is 9. The Morgan fingerprint density at radius 3 is 2.45 bits per heavy atom. The summed E-state index contributed by atoms with van der Waals surface area (Å²) in [5, 5.41) is 0.804. The highest BCUT2D eigenvalue weighted by Gasteiger charge is 2.47. The van der Waals surface area contributed by atoms with Crippen LogP contribution in [0.1, 0.15) is 20.8 Å². The fourth-order valence-corrected chi connectivity index (χ4v) is 7.34. The molecule has 4 heterocycles. The first-order chi connectivity index (χ1) is 24.3. The second-order valence-corrected chi connectivity index (χ2v) is 15.1. The summed E-state index contributed by atoms with van der Waals surface area (Å²) in [6, 6.07) is 19.5. The summed E-state index contributed by atoms with van der Waals surface area (Å²) in [6.45, 7) is 9.48. The Morgan fingerprint density at radius 1 is 0.941 bits per heavy atom. The standard InChI is InChI=1S/C37H38F2N6O5S/c1-37(2,3)50-36-35(49-36)45-14-12-44(13-15-45)27-7-5-6-23(17-27)28-18-24-16-22(8-10-30(24)42-33(28)40)25-19-31(34(48-4)41-21-25)43-51(46,47)32-11-9-26(38)20-29(32)39/h5-11,16-21,35-36,43H,12-15H2,1-4H3,(H2,40,42). The smallest absolute Gasteiger partial charge is 0.264 e. The minimum atomic E-state index is -4.44. The van der Waals surface area contributed by atoms with E-state index >= 15 is 0 Å². The Kier molecular flexibility index (Phi) is 9.04. The van der Waals surface area contributed by atoms with E-state index in [1.807, 2.05) is 57.2 Å². The molecule has 0 aliphatic carbocycles. The topological polar surface area (TPSA) is 135 Å². The van der Waals surface area contributed by atoms with Crippen molar-refractivity contribution in [3.63, 3.8) is 0 Å². The van der Waals surface area contributed by atoms with Crippen molar-refractivity contribution in [3.8, 4) is 28.1 Å². The number of epoxide rings is 1. The molecule has 2 aliphatic rings. The minimum Gasteiger partial charge on any atom is -0.480 e. The molecule has 51 heavy (non-hydrogen) atoms. The predicted molar refractivity (Wildman–Crippen MR) is 192 cm³/mol. The van der Waals surface area contributed by atoms with Gasteiger partial charge in [0, 0.05) is 60.6 Å². The monoisotopic (exact) mass is 716 g/mol. The summed E-state index contributed by atoms with van der Waals surface area (Å²) in [4.78, 5) is 12.9. The van der Waals surface area contributed by atoms with E-state index in [0.717, 1.165) is 60.5 Å². The van der Waals surface area contributed by atoms with Crippen molar-refractivity contribution in [2.75, 3.05) is 48.6 Å². The van der Waals surface area contributed by atoms with Gasteiger partial charge in [-0.05, 0) is 80.4 Å². The zero-order valence-electron chi connectivity index (χ0n) is 28.6. The number of anilines is 3. The van der Waals surface area contributed by atoms with Gasteiger partial charge in [0.15, 0.2) is 12.5 Å². The molecule has 11 nitrogen and oxygen atoms in total. The van der Waals surface area contributed by atoms with E-state index < -0.39 is 26.6 Å². The van der Waals surface area contributed by atoms with E-state index in [1.54, 1.807) is 0 Å². The molecule has 2 fully saturated rings. The van der Waals surface area contributed by atoms with Gasteiger partial charge in [0.05, 0.1) is 18.2 Å². The van der Waals surface area contributed by atoms with Crippen molar-refractivity contribution < 1.29 is 31.4 Å². The molecule has 2 saturated heterocycles. The predicted octanol–water partition coefficient (Wildman–Crippen LogP) is 6.25. The van der Waals surface area contributed by atoms with Crippen LogP contribution in [0.4, 0.5) is 26.0 Å². The highest BCUT2D eigenvalue weighted by atomic mass is 32.2. The summed E-state index contributed by atoms with van der Waals surface area (Å²) >= 11 is 0. The number of hydrogen-bond acceptors (Lipinski definition) is 10. The zero-order valence-corrected chi connectivity index (χ0v) is 29.4. The number of sulfonamides is 1. The quantitative estimate of drug-likeness (QED) is 0.169. The Bertz CT molecular complexity index is 2220. The van der Waals surface area contributed by atoms with Crippen molar-refractivity contribution >= 4 is 38.1 Å². The number of aromatic nitrogens is 2. The van der Waals surface area contributed by atoms with Gasteiger partial charge in [-0.3, -0.25) is 9.62 Å². The maximum absolute atomic E-state index is 14.4. The molecule has 2 unspecified atom stereocenters. The summed E-state index contributed by atoms with van der Waals surface area (Å²) in [5.41, 5.74) is 11.0. The first-order valence-corrected chi connectivity index (χ1v) is 17.9. The number of hydrogen-bond donors (Lipinski definition) is 2. The molecule has 0 radical (unpaired) electrons. The summed E-state index contributed by atoms with van der Waals surface area (Å²) in [5.74, 6) is -1.75. The van der Waals surface area contributed by atoms with Gasteiger partial charge >= 0.3 is 0 Å². The van der Waals surface area contributed by atoms with Crippen LogP contribution in [0.15, 0.2) is 83.9 Å². The van der Waals surface area contributed by atoms with E-state index in [1.165, 1.54) is 19.4 Å². The van der Waals surface area contributed by atoms with Gasteiger partial charge in [-0.2, -0.15) is 0 Å². The van der Waals surface area contributed by atoms with E-state index in [4.69, 9.17) is 19.9 Å². The van der Waals surface area contributed by atoms with Crippen molar-refractivity contribution in [2.45, 2.75) is 43.8 Å². The van der Waals surface area contributed by atoms with Crippen LogP contribution in [-0.2, 0) is 19.5 Å². The van der Waals surface area contributed by atoms with Gasteiger partial charge in [-0.25, -0.2) is 27.2 Å². The third-order valence-electron chi connectivity index (χ3n) is 8.75. The molecule has 0 saturated carbocycles. The van der Waals surface area contributed by atoms with Gasteiger partial charge in [0.1, 0.15) is 28.0 Å². The Labute approximate surface area is 295 Å². The molecular weight excluding hydrogens is 679 g/mol. The fraction of sp³-hybridized carbons (Fsp3) is 0.297. The molecule has 3 N–H and O–H groups in total. The molecular formula is C37H38F2N6O5S. The van der Waals surface area contributed by atoms with Gasteiger partial charge in [-0.15, -0.1) is 0 Å². The summed E-state index contributed by atoms with van der Waals surface area (Å²) in [6.07, 6.45) is 1.36. The third kappa shape index (κ3) is 7.45. The average molecular weight is 717 g/mol. The van der Waals surface area contributed by atoms with Crippen LogP contribution in [0.2, 0.25) is 0 Å². The number of nitrogens with two attached hydrogens (primary N) is 1. The number of benzene rings is 3. The van der Waals surface area contributed by atoms with Crippen LogP contribution in [0.5, 0.6) is 5.88 Å². The molecule has 7 rings (SSSR count). The van der Waals surface area contributed by atoms with Crippen LogP contribution >= 0.6 is 0 Å². The number of nitrogens with zero attached hydrogens (tertiary/aromatic N) is 4. The van der Waals surface area contributed by atoms with E-state index in [-0.39, 0.29) is 29.7 Å². The molecule has 2 aromatic heterocycles. The highest BCUT2D eigenvalue weighted by Crippen LogP contribution is 2.36. The molecule has 3 aromatic carbocycles. The third-order valence-corrected chi connectivity index (χ3v) is 10.1. The molecule has 266 valence electrons. The van der Waals surface area contributed by atoms with Crippen LogP contribution in [0.25, 0.3) is 33.2 Å². The number of fused-ring (bicyclic) bond motifs is 1. The second-order valence-electron chi connectivity index (χ2n) is 13.5. The van der Waals surface area contributed by atoms with Crippen molar-refractivity contribution in [3.05, 3.63) is 90.6 Å². The Balaban J connectivity index is 1.12. The van der Waals surface area contributed by atoms with Crippen molar-refractivity contribution in [2.24, 2.45) is 0 Å². The number of methoxy groups -OCH3 is 1. The first kappa shape index (κ1) is 34.6. The fourth-order valence-electron chi connectivity index (χ4n) is 6.23. The van der Waals surface area contributed by atoms with E-state index in [0.29, 0.717) is 28.5 Å². The lowest BCUT2D eigenvalue weighted by atomic mass is 10.00.